The molecule has 1 rings (SSSR count). The summed E-state index contributed by atoms with van der Waals surface area (Å²) in [5.74, 6) is 0.0471. The highest BCUT2D eigenvalue weighted by Crippen LogP contribution is 2.27. The fourth-order valence-electron chi connectivity index (χ4n) is 2.20. The Hall–Kier alpha value is -2.36. The van der Waals surface area contributed by atoms with Crippen LogP contribution >= 0.6 is 15.9 Å². The Labute approximate surface area is 191 Å². The van der Waals surface area contributed by atoms with E-state index in [9.17, 15) is 14.0 Å². The van der Waals surface area contributed by atoms with E-state index in [0.717, 1.165) is 4.90 Å². The molecule has 0 fully saturated rings. The summed E-state index contributed by atoms with van der Waals surface area (Å²) in [4.78, 5) is 25.7. The minimum absolute atomic E-state index is 0.0487. The Morgan fingerprint density at radius 3 is 2.26 bits per heavy atom. The van der Waals surface area contributed by atoms with Crippen LogP contribution in [-0.4, -0.2) is 47.5 Å². The molecule has 1 aromatic rings. The summed E-state index contributed by atoms with van der Waals surface area (Å²) in [5.41, 5.74) is -0.911. The molecule has 0 unspecified atom stereocenters. The van der Waals surface area contributed by atoms with Crippen LogP contribution in [0.25, 0.3) is 0 Å². The van der Waals surface area contributed by atoms with Crippen molar-refractivity contribution in [1.82, 2.24) is 10.2 Å². The van der Waals surface area contributed by atoms with Crippen LogP contribution in [0, 0.1) is 5.41 Å². The Bertz CT molecular complexity index is 790. The molecule has 0 bridgehead atoms. The van der Waals surface area contributed by atoms with Gasteiger partial charge in [0.15, 0.2) is 0 Å². The fourth-order valence-corrected chi connectivity index (χ4v) is 2.74. The number of amides is 2. The lowest BCUT2D eigenvalue weighted by atomic mass is 10.2. The van der Waals surface area contributed by atoms with Gasteiger partial charge in [0.2, 0.25) is 5.96 Å². The second kappa shape index (κ2) is 11.3. The van der Waals surface area contributed by atoms with Crippen molar-refractivity contribution in [2.75, 3.05) is 13.3 Å². The van der Waals surface area contributed by atoms with Crippen LogP contribution in [0.1, 0.15) is 53.5 Å². The first-order valence-electron chi connectivity index (χ1n) is 9.78. The predicted molar refractivity (Wildman–Crippen MR) is 119 cm³/mol. The number of nitrogens with one attached hydrogen (secondary N) is 2. The number of guanidine groups is 1. The van der Waals surface area contributed by atoms with Gasteiger partial charge in [-0.15, -0.1) is 0 Å². The summed E-state index contributed by atoms with van der Waals surface area (Å²) < 4.78 is 28.9. The van der Waals surface area contributed by atoms with E-state index in [-0.39, 0.29) is 19.6 Å². The normalized spacial score (nSPS) is 11.5. The maximum Gasteiger partial charge on any atom is 0.417 e. The van der Waals surface area contributed by atoms with Crippen molar-refractivity contribution in [1.29, 1.82) is 5.41 Å². The van der Waals surface area contributed by atoms with Gasteiger partial charge in [-0.3, -0.25) is 15.1 Å². The quantitative estimate of drug-likeness (QED) is 0.308. The SMILES string of the molecule is CC(C)(C)OC(=O)NC(=N)N(Cc1ccc(OCCCF)c(Br)c1)C(=O)OC(C)(C)C. The van der Waals surface area contributed by atoms with Gasteiger partial charge in [0.25, 0.3) is 0 Å². The van der Waals surface area contributed by atoms with E-state index >= 15 is 0 Å². The predicted octanol–water partition coefficient (Wildman–Crippen LogP) is 5.38. The molecule has 0 radical (unpaired) electrons. The van der Waals surface area contributed by atoms with Crippen LogP contribution in [0.5, 0.6) is 5.75 Å². The number of halogens is 2. The van der Waals surface area contributed by atoms with Crippen LogP contribution in [0.15, 0.2) is 22.7 Å². The summed E-state index contributed by atoms with van der Waals surface area (Å²) in [6.07, 6.45) is -1.37. The molecule has 2 amide bonds. The number of rotatable bonds is 6. The first-order chi connectivity index (χ1) is 14.2. The molecule has 174 valence electrons. The first-order valence-corrected chi connectivity index (χ1v) is 10.6. The van der Waals surface area contributed by atoms with Gasteiger partial charge in [0.05, 0.1) is 24.3 Å². The van der Waals surface area contributed by atoms with Crippen molar-refractivity contribution in [2.24, 2.45) is 0 Å². The van der Waals surface area contributed by atoms with E-state index < -0.39 is 36.0 Å². The number of nitrogens with zero attached hydrogens (tertiary/aromatic N) is 1. The number of ether oxygens (including phenoxy) is 3. The third kappa shape index (κ3) is 10.5. The largest absolute Gasteiger partial charge is 0.492 e. The smallest absolute Gasteiger partial charge is 0.417 e. The number of carbonyl (C=O) groups excluding carboxylic acids is 2. The van der Waals surface area contributed by atoms with E-state index in [1.807, 2.05) is 0 Å². The highest BCUT2D eigenvalue weighted by Gasteiger charge is 2.28. The Morgan fingerprint density at radius 1 is 1.13 bits per heavy atom. The van der Waals surface area contributed by atoms with Gasteiger partial charge in [-0.2, -0.15) is 0 Å². The summed E-state index contributed by atoms with van der Waals surface area (Å²) in [6, 6.07) is 5.09. The molecule has 2 N–H and O–H groups in total. The van der Waals surface area contributed by atoms with Crippen LogP contribution in [-0.2, 0) is 16.0 Å². The molecular weight excluding hydrogens is 473 g/mol. The van der Waals surface area contributed by atoms with Crippen LogP contribution in [0.2, 0.25) is 0 Å². The zero-order valence-electron chi connectivity index (χ0n) is 18.8. The van der Waals surface area contributed by atoms with Crippen molar-refractivity contribution in [3.63, 3.8) is 0 Å². The van der Waals surface area contributed by atoms with E-state index in [1.54, 1.807) is 59.7 Å². The van der Waals surface area contributed by atoms with Gasteiger partial charge in [0, 0.05) is 6.42 Å². The highest BCUT2D eigenvalue weighted by atomic mass is 79.9. The van der Waals surface area contributed by atoms with Crippen molar-refractivity contribution >= 4 is 34.1 Å². The monoisotopic (exact) mass is 503 g/mol. The number of alkyl carbamates (subject to hydrolysis) is 1. The zero-order valence-corrected chi connectivity index (χ0v) is 20.4. The molecule has 0 saturated heterocycles. The third-order valence-corrected chi connectivity index (χ3v) is 4.00. The van der Waals surface area contributed by atoms with Crippen molar-refractivity contribution < 1.29 is 28.2 Å². The van der Waals surface area contributed by atoms with E-state index in [1.165, 1.54) is 0 Å². The average molecular weight is 504 g/mol. The molecule has 10 heteroatoms. The van der Waals surface area contributed by atoms with E-state index in [4.69, 9.17) is 19.6 Å². The zero-order chi connectivity index (χ0) is 23.8. The van der Waals surface area contributed by atoms with Crippen LogP contribution in [0.4, 0.5) is 14.0 Å². The standard InChI is InChI=1S/C21H31BrFN3O5/c1-20(2,3)30-18(27)25-17(24)26(19(28)31-21(4,5)6)13-14-8-9-16(15(22)12-14)29-11-7-10-23/h8-9,12H,7,10-11,13H2,1-6H3,(H2,24,25,27). The molecule has 8 nitrogen and oxygen atoms in total. The first kappa shape index (κ1) is 26.7. The lowest BCUT2D eigenvalue weighted by molar-refractivity contribution is 0.0346. The highest BCUT2D eigenvalue weighted by molar-refractivity contribution is 9.10. The maximum atomic E-state index is 12.7. The summed E-state index contributed by atoms with van der Waals surface area (Å²) in [6.45, 7) is 9.91. The van der Waals surface area contributed by atoms with Crippen LogP contribution < -0.4 is 10.1 Å². The lowest BCUT2D eigenvalue weighted by Gasteiger charge is -2.28. The van der Waals surface area contributed by atoms with Crippen molar-refractivity contribution in [3.05, 3.63) is 28.2 Å². The second-order valence-corrected chi connectivity index (χ2v) is 9.55. The molecule has 0 aliphatic heterocycles. The summed E-state index contributed by atoms with van der Waals surface area (Å²) in [7, 11) is 0. The lowest BCUT2D eigenvalue weighted by Crippen LogP contribution is -2.49. The molecule has 0 heterocycles. The fraction of sp³-hybridized carbons (Fsp3) is 0.571. The van der Waals surface area contributed by atoms with Crippen LogP contribution in [0.3, 0.4) is 0 Å². The summed E-state index contributed by atoms with van der Waals surface area (Å²) in [5, 5.41) is 10.5. The molecule has 0 aliphatic rings. The average Bonchev–Trinajstić information content (AvgIpc) is 2.58. The molecule has 0 atom stereocenters. The second-order valence-electron chi connectivity index (χ2n) is 8.70. The van der Waals surface area contributed by atoms with E-state index in [0.29, 0.717) is 15.8 Å². The molecule has 0 aliphatic carbocycles. The van der Waals surface area contributed by atoms with E-state index in [2.05, 4.69) is 21.2 Å². The molecular formula is C21H31BrFN3O5. The number of hydrogen-bond donors (Lipinski definition) is 2. The molecule has 1 aromatic carbocycles. The molecule has 0 saturated carbocycles. The maximum absolute atomic E-state index is 12.7. The minimum atomic E-state index is -0.858. The van der Waals surface area contributed by atoms with Gasteiger partial charge in [-0.25, -0.2) is 14.5 Å². The Balaban J connectivity index is 3.01. The number of benzene rings is 1. The minimum Gasteiger partial charge on any atom is -0.492 e. The Morgan fingerprint density at radius 2 is 1.74 bits per heavy atom. The topological polar surface area (TPSA) is 101 Å². The molecule has 0 spiro atoms. The van der Waals surface area contributed by atoms with Gasteiger partial charge in [0.1, 0.15) is 17.0 Å². The number of hydrogen-bond acceptors (Lipinski definition) is 6. The number of alkyl halides is 1. The number of carbonyl (C=O) groups is 2. The van der Waals surface area contributed by atoms with Gasteiger partial charge in [-0.05, 0) is 75.2 Å². The summed E-state index contributed by atoms with van der Waals surface area (Å²) >= 11 is 3.39. The van der Waals surface area contributed by atoms with Crippen molar-refractivity contribution in [3.8, 4) is 5.75 Å². The Kier molecular flexibility index (Phi) is 9.73. The van der Waals surface area contributed by atoms with Gasteiger partial charge < -0.3 is 14.2 Å². The van der Waals surface area contributed by atoms with Crippen molar-refractivity contribution in [2.45, 2.75) is 65.7 Å². The van der Waals surface area contributed by atoms with Gasteiger partial charge >= 0.3 is 12.2 Å². The molecule has 31 heavy (non-hydrogen) atoms. The third-order valence-electron chi connectivity index (χ3n) is 3.38. The molecule has 0 aromatic heterocycles. The van der Waals surface area contributed by atoms with Gasteiger partial charge in [-0.1, -0.05) is 6.07 Å².